The quantitative estimate of drug-likeness (QED) is 0.444. The Morgan fingerprint density at radius 1 is 1.38 bits per heavy atom. The number of aliphatic hydroxyl groups is 1. The molecule has 13 heavy (non-hydrogen) atoms. The smallest absolute Gasteiger partial charge is 0.126 e. The highest BCUT2D eigenvalue weighted by Gasteiger charge is 1.98. The predicted molar refractivity (Wildman–Crippen MR) is 53.2 cm³/mol. The first-order chi connectivity index (χ1) is 6.22. The normalized spacial score (nSPS) is 10.3. The summed E-state index contributed by atoms with van der Waals surface area (Å²) in [6.45, 7) is 0.164. The number of hydrogen-bond acceptors (Lipinski definition) is 3. The van der Waals surface area contributed by atoms with E-state index in [2.05, 4.69) is 0 Å². The molecule has 3 N–H and O–H groups in total. The van der Waals surface area contributed by atoms with Gasteiger partial charge < -0.3 is 10.8 Å². The maximum Gasteiger partial charge on any atom is 0.126 e. The third-order valence-electron chi connectivity index (χ3n) is 1.46. The second-order valence-corrected chi connectivity index (χ2v) is 3.81. The summed E-state index contributed by atoms with van der Waals surface area (Å²) in [6, 6.07) is 4.46. The number of benzene rings is 1. The van der Waals surface area contributed by atoms with Gasteiger partial charge in [-0.3, -0.25) is 0 Å². The highest BCUT2D eigenvalue weighted by molar-refractivity contribution is 7.99. The summed E-state index contributed by atoms with van der Waals surface area (Å²) in [5.41, 5.74) is 5.90. The molecule has 0 aliphatic carbocycles. The summed E-state index contributed by atoms with van der Waals surface area (Å²) in [5.74, 6) is 0.464. The van der Waals surface area contributed by atoms with Crippen molar-refractivity contribution < 1.29 is 9.50 Å². The van der Waals surface area contributed by atoms with Gasteiger partial charge in [0.25, 0.3) is 0 Å². The van der Waals surface area contributed by atoms with E-state index in [0.29, 0.717) is 12.1 Å². The second kappa shape index (κ2) is 5.09. The van der Waals surface area contributed by atoms with Crippen molar-refractivity contribution in [3.8, 4) is 0 Å². The zero-order chi connectivity index (χ0) is 9.68. The van der Waals surface area contributed by atoms with Gasteiger partial charge >= 0.3 is 0 Å². The van der Waals surface area contributed by atoms with Crippen molar-refractivity contribution in [2.24, 2.45) is 0 Å². The fourth-order valence-corrected chi connectivity index (χ4v) is 1.85. The first-order valence-corrected chi connectivity index (χ1v) is 5.00. The molecule has 72 valence electrons. The van der Waals surface area contributed by atoms with Crippen LogP contribution in [0.2, 0.25) is 0 Å². The average molecular weight is 201 g/mol. The molecule has 0 saturated carbocycles. The van der Waals surface area contributed by atoms with E-state index in [1.807, 2.05) is 0 Å². The Morgan fingerprint density at radius 3 is 2.77 bits per heavy atom. The van der Waals surface area contributed by atoms with Crippen LogP contribution in [0.4, 0.5) is 10.1 Å². The molecule has 0 amide bonds. The number of hydrogen-bond donors (Lipinski definition) is 2. The Kier molecular flexibility index (Phi) is 4.05. The third kappa shape index (κ3) is 3.65. The van der Waals surface area contributed by atoms with Crippen LogP contribution in [0, 0.1) is 5.82 Å². The summed E-state index contributed by atoms with van der Waals surface area (Å²) in [4.78, 5) is 0.811. The number of aliphatic hydroxyl groups excluding tert-OH is 1. The standard InChI is InChI=1S/C9H12FNOS/c10-7-4-8(11)6-9(5-7)13-3-1-2-12/h4-6,12H,1-3,11H2. The Bertz CT molecular complexity index is 260. The summed E-state index contributed by atoms with van der Waals surface area (Å²) >= 11 is 1.49. The lowest BCUT2D eigenvalue weighted by atomic mass is 10.3. The number of nitrogens with two attached hydrogens (primary N) is 1. The SMILES string of the molecule is Nc1cc(F)cc(SCCCO)c1. The summed E-state index contributed by atoms with van der Waals surface area (Å²) < 4.78 is 12.8. The van der Waals surface area contributed by atoms with Crippen LogP contribution in [-0.2, 0) is 0 Å². The van der Waals surface area contributed by atoms with Gasteiger partial charge in [-0.05, 0) is 24.6 Å². The van der Waals surface area contributed by atoms with Crippen molar-refractivity contribution in [3.05, 3.63) is 24.0 Å². The van der Waals surface area contributed by atoms with E-state index in [4.69, 9.17) is 10.8 Å². The van der Waals surface area contributed by atoms with Gasteiger partial charge in [-0.1, -0.05) is 0 Å². The molecule has 0 aliphatic rings. The topological polar surface area (TPSA) is 46.2 Å². The Balaban J connectivity index is 2.56. The highest BCUT2D eigenvalue weighted by atomic mass is 32.2. The van der Waals surface area contributed by atoms with Crippen molar-refractivity contribution in [2.45, 2.75) is 11.3 Å². The average Bonchev–Trinajstić information content (AvgIpc) is 2.03. The first kappa shape index (κ1) is 10.3. The monoisotopic (exact) mass is 201 g/mol. The van der Waals surface area contributed by atoms with E-state index in [1.165, 1.54) is 23.9 Å². The predicted octanol–water partition coefficient (Wildman–Crippen LogP) is 1.88. The summed E-state index contributed by atoms with van der Waals surface area (Å²) in [7, 11) is 0. The van der Waals surface area contributed by atoms with Crippen LogP contribution in [0.1, 0.15) is 6.42 Å². The molecular weight excluding hydrogens is 189 g/mol. The molecule has 0 aliphatic heterocycles. The van der Waals surface area contributed by atoms with Crippen molar-refractivity contribution in [3.63, 3.8) is 0 Å². The van der Waals surface area contributed by atoms with Crippen LogP contribution in [0.15, 0.2) is 23.1 Å². The number of anilines is 1. The van der Waals surface area contributed by atoms with Crippen molar-refractivity contribution in [2.75, 3.05) is 18.1 Å². The minimum absolute atomic E-state index is 0.164. The molecule has 0 heterocycles. The number of thioether (sulfide) groups is 1. The van der Waals surface area contributed by atoms with E-state index in [0.717, 1.165) is 10.6 Å². The van der Waals surface area contributed by atoms with Gasteiger partial charge in [0.2, 0.25) is 0 Å². The molecule has 1 aromatic carbocycles. The van der Waals surface area contributed by atoms with E-state index in [1.54, 1.807) is 6.07 Å². The van der Waals surface area contributed by atoms with Gasteiger partial charge in [-0.2, -0.15) is 0 Å². The molecule has 2 nitrogen and oxygen atoms in total. The van der Waals surface area contributed by atoms with Gasteiger partial charge in [0.05, 0.1) is 0 Å². The van der Waals surface area contributed by atoms with Crippen molar-refractivity contribution in [1.82, 2.24) is 0 Å². The van der Waals surface area contributed by atoms with Crippen LogP contribution in [0.3, 0.4) is 0 Å². The molecule has 0 bridgehead atoms. The fourth-order valence-electron chi connectivity index (χ4n) is 0.922. The molecule has 0 atom stereocenters. The lowest BCUT2D eigenvalue weighted by Crippen LogP contribution is -1.89. The minimum Gasteiger partial charge on any atom is -0.399 e. The maximum atomic E-state index is 12.8. The zero-order valence-electron chi connectivity index (χ0n) is 7.16. The Morgan fingerprint density at radius 2 is 2.15 bits per heavy atom. The lowest BCUT2D eigenvalue weighted by molar-refractivity contribution is 0.296. The Labute approximate surface area is 80.9 Å². The number of nitrogen functional groups attached to an aromatic ring is 1. The van der Waals surface area contributed by atoms with E-state index in [9.17, 15) is 4.39 Å². The molecule has 0 spiro atoms. The molecule has 0 unspecified atom stereocenters. The Hall–Kier alpha value is -0.740. The maximum absolute atomic E-state index is 12.8. The van der Waals surface area contributed by atoms with E-state index >= 15 is 0 Å². The summed E-state index contributed by atoms with van der Waals surface area (Å²) in [6.07, 6.45) is 0.709. The third-order valence-corrected chi connectivity index (χ3v) is 2.53. The van der Waals surface area contributed by atoms with Gasteiger partial charge in [0.15, 0.2) is 0 Å². The van der Waals surface area contributed by atoms with E-state index in [-0.39, 0.29) is 12.4 Å². The van der Waals surface area contributed by atoms with Crippen LogP contribution < -0.4 is 5.73 Å². The van der Waals surface area contributed by atoms with Crippen molar-refractivity contribution in [1.29, 1.82) is 0 Å². The molecule has 0 radical (unpaired) electrons. The zero-order valence-corrected chi connectivity index (χ0v) is 7.98. The van der Waals surface area contributed by atoms with Crippen molar-refractivity contribution >= 4 is 17.4 Å². The van der Waals surface area contributed by atoms with Crippen LogP contribution in [0.25, 0.3) is 0 Å². The molecular formula is C9H12FNOS. The first-order valence-electron chi connectivity index (χ1n) is 4.02. The van der Waals surface area contributed by atoms with Crippen LogP contribution >= 0.6 is 11.8 Å². The molecule has 1 aromatic rings. The largest absolute Gasteiger partial charge is 0.399 e. The second-order valence-electron chi connectivity index (χ2n) is 2.65. The number of halogens is 1. The van der Waals surface area contributed by atoms with Gasteiger partial charge in [-0.15, -0.1) is 11.8 Å². The van der Waals surface area contributed by atoms with Gasteiger partial charge in [-0.25, -0.2) is 4.39 Å². The highest BCUT2D eigenvalue weighted by Crippen LogP contribution is 2.22. The number of rotatable bonds is 4. The van der Waals surface area contributed by atoms with Gasteiger partial charge in [0, 0.05) is 22.9 Å². The van der Waals surface area contributed by atoms with Crippen LogP contribution in [-0.4, -0.2) is 17.5 Å². The minimum atomic E-state index is -0.313. The van der Waals surface area contributed by atoms with E-state index < -0.39 is 0 Å². The van der Waals surface area contributed by atoms with Gasteiger partial charge in [0.1, 0.15) is 5.82 Å². The lowest BCUT2D eigenvalue weighted by Gasteiger charge is -2.01. The molecule has 0 fully saturated rings. The fraction of sp³-hybridized carbons (Fsp3) is 0.333. The summed E-state index contributed by atoms with van der Waals surface area (Å²) in [5, 5.41) is 8.54. The molecule has 0 aromatic heterocycles. The molecule has 0 saturated heterocycles. The molecule has 1 rings (SSSR count). The van der Waals surface area contributed by atoms with Crippen LogP contribution in [0.5, 0.6) is 0 Å². The molecule has 4 heteroatoms.